The fourth-order valence-electron chi connectivity index (χ4n) is 1.19. The standard InChI is InChI=1S/C11H20N2O5/c1-3-5-18-11(17)8(4-2)13-10(16)7(12)6-9(14)15/h7-8H,3-6,12H2,1-2H3,(H,13,16)(H,14,15)/t7-,8+/m1/s1. The van der Waals surface area contributed by atoms with E-state index in [1.165, 1.54) is 0 Å². The minimum Gasteiger partial charge on any atom is -0.481 e. The lowest BCUT2D eigenvalue weighted by atomic mass is 10.1. The maximum Gasteiger partial charge on any atom is 0.328 e. The van der Waals surface area contributed by atoms with Crippen molar-refractivity contribution >= 4 is 17.8 Å². The van der Waals surface area contributed by atoms with Crippen molar-refractivity contribution in [3.63, 3.8) is 0 Å². The van der Waals surface area contributed by atoms with Gasteiger partial charge in [-0.25, -0.2) is 4.79 Å². The predicted molar refractivity (Wildman–Crippen MR) is 63.7 cm³/mol. The molecule has 0 fully saturated rings. The van der Waals surface area contributed by atoms with Gasteiger partial charge in [0.1, 0.15) is 6.04 Å². The van der Waals surface area contributed by atoms with E-state index in [1.807, 2.05) is 6.92 Å². The third-order valence-electron chi connectivity index (χ3n) is 2.19. The monoisotopic (exact) mass is 260 g/mol. The highest BCUT2D eigenvalue weighted by Crippen LogP contribution is 1.98. The Bertz CT molecular complexity index is 306. The Labute approximate surface area is 106 Å². The van der Waals surface area contributed by atoms with Crippen LogP contribution in [-0.4, -0.2) is 41.6 Å². The van der Waals surface area contributed by atoms with E-state index in [2.05, 4.69) is 5.32 Å². The Morgan fingerprint density at radius 2 is 1.94 bits per heavy atom. The second-order valence-electron chi connectivity index (χ2n) is 3.84. The molecule has 2 atom stereocenters. The molecule has 4 N–H and O–H groups in total. The molecule has 7 nitrogen and oxygen atoms in total. The molecule has 0 aliphatic carbocycles. The number of ether oxygens (including phenoxy) is 1. The van der Waals surface area contributed by atoms with Gasteiger partial charge in [-0.15, -0.1) is 0 Å². The summed E-state index contributed by atoms with van der Waals surface area (Å²) in [6.07, 6.45) is 0.564. The fraction of sp³-hybridized carbons (Fsp3) is 0.727. The molecule has 0 spiro atoms. The topological polar surface area (TPSA) is 119 Å². The molecule has 18 heavy (non-hydrogen) atoms. The molecular formula is C11H20N2O5. The average Bonchev–Trinajstić information content (AvgIpc) is 2.31. The summed E-state index contributed by atoms with van der Waals surface area (Å²) in [5.74, 6) is -2.37. The molecule has 0 aromatic carbocycles. The van der Waals surface area contributed by atoms with Gasteiger partial charge in [-0.3, -0.25) is 9.59 Å². The van der Waals surface area contributed by atoms with Crippen LogP contribution in [0.2, 0.25) is 0 Å². The van der Waals surface area contributed by atoms with Crippen LogP contribution >= 0.6 is 0 Å². The second kappa shape index (κ2) is 8.46. The van der Waals surface area contributed by atoms with Gasteiger partial charge < -0.3 is 20.9 Å². The van der Waals surface area contributed by atoms with Crippen LogP contribution in [0.15, 0.2) is 0 Å². The molecule has 0 unspecified atom stereocenters. The molecule has 0 saturated carbocycles. The molecule has 0 radical (unpaired) electrons. The molecule has 0 rings (SSSR count). The van der Waals surface area contributed by atoms with Gasteiger partial charge in [0.2, 0.25) is 5.91 Å². The number of carbonyl (C=O) groups is 3. The highest BCUT2D eigenvalue weighted by Gasteiger charge is 2.24. The zero-order valence-corrected chi connectivity index (χ0v) is 10.6. The van der Waals surface area contributed by atoms with Crippen molar-refractivity contribution in [2.24, 2.45) is 5.73 Å². The Hall–Kier alpha value is -1.63. The van der Waals surface area contributed by atoms with Crippen molar-refractivity contribution in [2.75, 3.05) is 6.61 Å². The summed E-state index contributed by atoms with van der Waals surface area (Å²) in [6, 6.07) is -1.96. The number of rotatable bonds is 8. The molecule has 0 saturated heterocycles. The number of esters is 1. The summed E-state index contributed by atoms with van der Waals surface area (Å²) in [5.41, 5.74) is 5.38. The molecule has 0 aliphatic heterocycles. The minimum absolute atomic E-state index is 0.284. The van der Waals surface area contributed by atoms with Gasteiger partial charge in [0.05, 0.1) is 19.1 Å². The van der Waals surface area contributed by atoms with Crippen molar-refractivity contribution < 1.29 is 24.2 Å². The van der Waals surface area contributed by atoms with Gasteiger partial charge in [-0.05, 0) is 12.8 Å². The van der Waals surface area contributed by atoms with Crippen LogP contribution in [0.1, 0.15) is 33.1 Å². The predicted octanol–water partition coefficient (Wildman–Crippen LogP) is -0.364. The number of carboxylic acids is 1. The van der Waals surface area contributed by atoms with E-state index >= 15 is 0 Å². The minimum atomic E-state index is -1.17. The lowest BCUT2D eigenvalue weighted by Gasteiger charge is -2.17. The summed E-state index contributed by atoms with van der Waals surface area (Å²) < 4.78 is 4.90. The normalized spacial score (nSPS) is 13.5. The highest BCUT2D eigenvalue weighted by molar-refractivity contribution is 5.89. The molecule has 0 bridgehead atoms. The molecular weight excluding hydrogens is 240 g/mol. The number of nitrogens with one attached hydrogen (secondary N) is 1. The summed E-state index contributed by atoms with van der Waals surface area (Å²) in [6.45, 7) is 3.85. The number of carbonyl (C=O) groups excluding carboxylic acids is 2. The zero-order chi connectivity index (χ0) is 14.1. The molecule has 0 aliphatic rings. The van der Waals surface area contributed by atoms with E-state index in [0.717, 1.165) is 0 Å². The number of carboxylic acid groups (broad SMARTS) is 1. The number of hydrogen-bond acceptors (Lipinski definition) is 5. The summed E-state index contributed by atoms with van der Waals surface area (Å²) >= 11 is 0. The van der Waals surface area contributed by atoms with E-state index < -0.39 is 36.4 Å². The van der Waals surface area contributed by atoms with Crippen LogP contribution in [0.4, 0.5) is 0 Å². The molecule has 1 amide bonds. The van der Waals surface area contributed by atoms with Crippen molar-refractivity contribution in [2.45, 2.75) is 45.2 Å². The van der Waals surface area contributed by atoms with Crippen LogP contribution in [-0.2, 0) is 19.1 Å². The molecule has 104 valence electrons. The smallest absolute Gasteiger partial charge is 0.328 e. The second-order valence-corrected chi connectivity index (χ2v) is 3.84. The molecule has 0 aromatic heterocycles. The quantitative estimate of drug-likeness (QED) is 0.513. The Morgan fingerprint density at radius 3 is 2.39 bits per heavy atom. The highest BCUT2D eigenvalue weighted by atomic mass is 16.5. The van der Waals surface area contributed by atoms with E-state index in [1.54, 1.807) is 6.92 Å². The SMILES string of the molecule is CCCOC(=O)[C@H](CC)NC(=O)[C@H](N)CC(=O)O. The van der Waals surface area contributed by atoms with E-state index in [-0.39, 0.29) is 6.61 Å². The Balaban J connectivity index is 4.30. The van der Waals surface area contributed by atoms with Crippen molar-refractivity contribution in [1.29, 1.82) is 0 Å². The third-order valence-corrected chi connectivity index (χ3v) is 2.19. The van der Waals surface area contributed by atoms with Crippen LogP contribution in [0, 0.1) is 0 Å². The van der Waals surface area contributed by atoms with Crippen LogP contribution in [0.25, 0.3) is 0 Å². The molecule has 7 heteroatoms. The van der Waals surface area contributed by atoms with E-state index in [9.17, 15) is 14.4 Å². The van der Waals surface area contributed by atoms with Gasteiger partial charge in [-0.2, -0.15) is 0 Å². The Kier molecular flexibility index (Phi) is 7.69. The van der Waals surface area contributed by atoms with Crippen molar-refractivity contribution in [3.05, 3.63) is 0 Å². The largest absolute Gasteiger partial charge is 0.481 e. The van der Waals surface area contributed by atoms with Gasteiger partial charge in [0.15, 0.2) is 0 Å². The van der Waals surface area contributed by atoms with Crippen LogP contribution in [0.5, 0.6) is 0 Å². The lowest BCUT2D eigenvalue weighted by molar-refractivity contribution is -0.148. The average molecular weight is 260 g/mol. The van der Waals surface area contributed by atoms with Gasteiger partial charge in [-0.1, -0.05) is 13.8 Å². The Morgan fingerprint density at radius 1 is 1.33 bits per heavy atom. The van der Waals surface area contributed by atoms with Crippen LogP contribution < -0.4 is 11.1 Å². The third kappa shape index (κ3) is 6.19. The summed E-state index contributed by atoms with van der Waals surface area (Å²) in [7, 11) is 0. The van der Waals surface area contributed by atoms with Crippen molar-refractivity contribution in [1.82, 2.24) is 5.32 Å². The number of amides is 1. The number of hydrogen-bond donors (Lipinski definition) is 3. The van der Waals surface area contributed by atoms with Gasteiger partial charge in [0.25, 0.3) is 0 Å². The fourth-order valence-corrected chi connectivity index (χ4v) is 1.19. The first-order valence-electron chi connectivity index (χ1n) is 5.86. The lowest BCUT2D eigenvalue weighted by Crippen LogP contribution is -2.49. The number of nitrogens with two attached hydrogens (primary N) is 1. The van der Waals surface area contributed by atoms with Gasteiger partial charge in [0, 0.05) is 0 Å². The molecule has 0 aromatic rings. The van der Waals surface area contributed by atoms with Crippen molar-refractivity contribution in [3.8, 4) is 0 Å². The first-order valence-corrected chi connectivity index (χ1v) is 5.86. The first kappa shape index (κ1) is 16.4. The number of aliphatic carboxylic acids is 1. The first-order chi connectivity index (χ1) is 8.42. The van der Waals surface area contributed by atoms with E-state index in [4.69, 9.17) is 15.6 Å². The van der Waals surface area contributed by atoms with Gasteiger partial charge >= 0.3 is 11.9 Å². The summed E-state index contributed by atoms with van der Waals surface area (Å²) in [5, 5.41) is 10.9. The summed E-state index contributed by atoms with van der Waals surface area (Å²) in [4.78, 5) is 33.4. The van der Waals surface area contributed by atoms with Crippen LogP contribution in [0.3, 0.4) is 0 Å². The maximum absolute atomic E-state index is 11.5. The maximum atomic E-state index is 11.5. The van der Waals surface area contributed by atoms with E-state index in [0.29, 0.717) is 12.8 Å². The zero-order valence-electron chi connectivity index (χ0n) is 10.6. The molecule has 0 heterocycles.